The van der Waals surface area contributed by atoms with Crippen LogP contribution in [0.15, 0.2) is 35.5 Å². The quantitative estimate of drug-likeness (QED) is 0.884. The summed E-state index contributed by atoms with van der Waals surface area (Å²) in [6.45, 7) is 2.72. The monoisotopic (exact) mass is 362 g/mol. The van der Waals surface area contributed by atoms with Crippen molar-refractivity contribution in [2.24, 2.45) is 0 Å². The highest BCUT2D eigenvalue weighted by Gasteiger charge is 2.20. The van der Waals surface area contributed by atoms with Crippen molar-refractivity contribution in [2.45, 2.75) is 17.7 Å². The molecule has 0 radical (unpaired) electrons. The Morgan fingerprint density at radius 2 is 1.68 bits per heavy atom. The molecule has 0 unspecified atom stereocenters. The molecule has 4 rings (SSSR count). The summed E-state index contributed by atoms with van der Waals surface area (Å²) in [7, 11) is -3.76. The van der Waals surface area contributed by atoms with Gasteiger partial charge in [0.15, 0.2) is 11.5 Å². The normalized spacial score (nSPS) is 16.7. The van der Waals surface area contributed by atoms with Crippen molar-refractivity contribution in [3.63, 3.8) is 0 Å². The summed E-state index contributed by atoms with van der Waals surface area (Å²) in [6, 6.07) is 4.53. The van der Waals surface area contributed by atoms with E-state index >= 15 is 0 Å². The molecule has 2 aliphatic heterocycles. The number of aromatic nitrogens is 2. The topological polar surface area (TPSA) is 93.7 Å². The van der Waals surface area contributed by atoms with Gasteiger partial charge < -0.3 is 14.4 Å². The Morgan fingerprint density at radius 1 is 1.00 bits per heavy atom. The van der Waals surface area contributed by atoms with E-state index in [1.54, 1.807) is 6.07 Å². The van der Waals surface area contributed by atoms with Crippen molar-refractivity contribution in [3.05, 3.63) is 30.6 Å². The highest BCUT2D eigenvalue weighted by atomic mass is 32.2. The first kappa shape index (κ1) is 15.9. The van der Waals surface area contributed by atoms with Crippen LogP contribution in [0.5, 0.6) is 11.5 Å². The third-order valence-corrected chi connectivity index (χ3v) is 5.48. The Hall–Kier alpha value is -2.55. The van der Waals surface area contributed by atoms with E-state index in [0.717, 1.165) is 25.9 Å². The lowest BCUT2D eigenvalue weighted by molar-refractivity contribution is 0.171. The van der Waals surface area contributed by atoms with Crippen LogP contribution in [-0.2, 0) is 10.0 Å². The Bertz CT molecular complexity index is 864. The van der Waals surface area contributed by atoms with E-state index in [9.17, 15) is 8.42 Å². The van der Waals surface area contributed by atoms with Crippen molar-refractivity contribution in [2.75, 3.05) is 35.9 Å². The Balaban J connectivity index is 1.52. The molecule has 1 N–H and O–H groups in total. The predicted octanol–water partition coefficient (Wildman–Crippen LogP) is 1.65. The zero-order chi connectivity index (χ0) is 17.3. The van der Waals surface area contributed by atoms with Gasteiger partial charge in [-0.1, -0.05) is 0 Å². The SMILES string of the molecule is O=S(=O)(Nc1cnc(N2CCCC2)nc1)c1ccc2c(c1)OCCO2. The second-order valence-electron chi connectivity index (χ2n) is 5.88. The number of hydrogen-bond donors (Lipinski definition) is 1. The van der Waals surface area contributed by atoms with E-state index in [4.69, 9.17) is 9.47 Å². The number of anilines is 2. The van der Waals surface area contributed by atoms with E-state index in [2.05, 4.69) is 19.6 Å². The number of fused-ring (bicyclic) bond motifs is 1. The first-order valence-corrected chi connectivity index (χ1v) is 9.60. The van der Waals surface area contributed by atoms with E-state index in [1.807, 2.05) is 0 Å². The highest BCUT2D eigenvalue weighted by Crippen LogP contribution is 2.32. The average molecular weight is 362 g/mol. The maximum Gasteiger partial charge on any atom is 0.262 e. The van der Waals surface area contributed by atoms with Crippen molar-refractivity contribution in [1.82, 2.24) is 9.97 Å². The van der Waals surface area contributed by atoms with Crippen LogP contribution in [0.1, 0.15) is 12.8 Å². The number of nitrogens with one attached hydrogen (secondary N) is 1. The molecule has 132 valence electrons. The number of rotatable bonds is 4. The second kappa shape index (κ2) is 6.40. The summed E-state index contributed by atoms with van der Waals surface area (Å²) in [5.41, 5.74) is 0.317. The highest BCUT2D eigenvalue weighted by molar-refractivity contribution is 7.92. The molecule has 8 nitrogen and oxygen atoms in total. The molecule has 0 spiro atoms. The van der Waals surface area contributed by atoms with Gasteiger partial charge in [-0.15, -0.1) is 0 Å². The molecule has 2 aliphatic rings. The van der Waals surface area contributed by atoms with Gasteiger partial charge in [-0.2, -0.15) is 0 Å². The number of sulfonamides is 1. The third kappa shape index (κ3) is 3.32. The van der Waals surface area contributed by atoms with Gasteiger partial charge in [-0.3, -0.25) is 4.72 Å². The molecule has 1 aromatic carbocycles. The predicted molar refractivity (Wildman–Crippen MR) is 91.7 cm³/mol. The fourth-order valence-electron chi connectivity index (χ4n) is 2.86. The molecule has 1 saturated heterocycles. The van der Waals surface area contributed by atoms with Gasteiger partial charge >= 0.3 is 0 Å². The van der Waals surface area contributed by atoms with Gasteiger partial charge in [0.2, 0.25) is 5.95 Å². The fourth-order valence-corrected chi connectivity index (χ4v) is 3.90. The minimum atomic E-state index is -3.76. The largest absolute Gasteiger partial charge is 0.486 e. The van der Waals surface area contributed by atoms with E-state index < -0.39 is 10.0 Å². The van der Waals surface area contributed by atoms with Crippen LogP contribution in [-0.4, -0.2) is 44.7 Å². The summed E-state index contributed by atoms with van der Waals surface area (Å²) < 4.78 is 38.4. The Kier molecular flexibility index (Phi) is 4.08. The molecule has 0 aliphatic carbocycles. The van der Waals surface area contributed by atoms with Crippen molar-refractivity contribution in [1.29, 1.82) is 0 Å². The summed E-state index contributed by atoms with van der Waals surface area (Å²) in [5.74, 6) is 1.60. The van der Waals surface area contributed by atoms with Gasteiger partial charge in [0.05, 0.1) is 23.0 Å². The molecule has 1 aromatic heterocycles. The van der Waals surface area contributed by atoms with E-state index in [-0.39, 0.29) is 4.90 Å². The van der Waals surface area contributed by atoms with Gasteiger partial charge in [0.25, 0.3) is 10.0 Å². The smallest absolute Gasteiger partial charge is 0.262 e. The third-order valence-electron chi connectivity index (χ3n) is 4.10. The minimum Gasteiger partial charge on any atom is -0.486 e. The first-order valence-electron chi connectivity index (χ1n) is 8.11. The van der Waals surface area contributed by atoms with Crippen molar-refractivity contribution >= 4 is 21.7 Å². The fraction of sp³-hybridized carbons (Fsp3) is 0.375. The first-order chi connectivity index (χ1) is 12.1. The van der Waals surface area contributed by atoms with Crippen LogP contribution in [0.25, 0.3) is 0 Å². The summed E-state index contributed by atoms with van der Waals surface area (Å²) in [6.07, 6.45) is 5.22. The van der Waals surface area contributed by atoms with Crippen LogP contribution in [0.4, 0.5) is 11.6 Å². The molecular weight excluding hydrogens is 344 g/mol. The Labute approximate surface area is 145 Å². The number of hydrogen-bond acceptors (Lipinski definition) is 7. The lowest BCUT2D eigenvalue weighted by atomic mass is 10.3. The van der Waals surface area contributed by atoms with Crippen molar-refractivity contribution in [3.8, 4) is 11.5 Å². The molecule has 0 bridgehead atoms. The molecule has 0 saturated carbocycles. The second-order valence-corrected chi connectivity index (χ2v) is 7.56. The van der Waals surface area contributed by atoms with Gasteiger partial charge in [0, 0.05) is 19.2 Å². The van der Waals surface area contributed by atoms with Gasteiger partial charge in [-0.05, 0) is 25.0 Å². The molecule has 3 heterocycles. The van der Waals surface area contributed by atoms with Crippen LogP contribution in [0.3, 0.4) is 0 Å². The lowest BCUT2D eigenvalue weighted by Crippen LogP contribution is -2.21. The van der Waals surface area contributed by atoms with Crippen LogP contribution >= 0.6 is 0 Å². The minimum absolute atomic E-state index is 0.0976. The number of benzene rings is 1. The molecule has 1 fully saturated rings. The maximum absolute atomic E-state index is 12.6. The van der Waals surface area contributed by atoms with Gasteiger partial charge in [0.1, 0.15) is 13.2 Å². The molecule has 9 heteroatoms. The zero-order valence-corrected chi connectivity index (χ0v) is 14.3. The van der Waals surface area contributed by atoms with Gasteiger partial charge in [-0.25, -0.2) is 18.4 Å². The maximum atomic E-state index is 12.6. The summed E-state index contributed by atoms with van der Waals surface area (Å²) in [4.78, 5) is 10.7. The molecule has 25 heavy (non-hydrogen) atoms. The summed E-state index contributed by atoms with van der Waals surface area (Å²) in [5, 5.41) is 0. The lowest BCUT2D eigenvalue weighted by Gasteiger charge is -2.19. The molecule has 0 atom stereocenters. The summed E-state index contributed by atoms with van der Waals surface area (Å²) >= 11 is 0. The number of ether oxygens (including phenoxy) is 2. The van der Waals surface area contributed by atoms with Crippen LogP contribution < -0.4 is 19.1 Å². The van der Waals surface area contributed by atoms with E-state index in [0.29, 0.717) is 36.3 Å². The Morgan fingerprint density at radius 3 is 2.40 bits per heavy atom. The van der Waals surface area contributed by atoms with E-state index in [1.165, 1.54) is 24.5 Å². The molecular formula is C16H18N4O4S. The zero-order valence-electron chi connectivity index (χ0n) is 13.5. The average Bonchev–Trinajstić information content (AvgIpc) is 3.16. The molecule has 0 amide bonds. The van der Waals surface area contributed by atoms with Crippen LogP contribution in [0, 0.1) is 0 Å². The van der Waals surface area contributed by atoms with Crippen LogP contribution in [0.2, 0.25) is 0 Å². The van der Waals surface area contributed by atoms with Crippen molar-refractivity contribution < 1.29 is 17.9 Å². The standard InChI is InChI=1S/C16H18N4O4S/c21-25(22,13-3-4-14-15(9-13)24-8-7-23-14)19-12-10-17-16(18-11-12)20-5-1-2-6-20/h3-4,9-11,19H,1-2,5-8H2. The number of nitrogens with zero attached hydrogens (tertiary/aromatic N) is 3. The molecule has 2 aromatic rings.